The quantitative estimate of drug-likeness (QED) is 0.727. The van der Waals surface area contributed by atoms with Gasteiger partial charge in [-0.1, -0.05) is 18.5 Å². The number of thiophene rings is 1. The fourth-order valence-electron chi connectivity index (χ4n) is 2.82. The molecule has 1 atom stereocenters. The fourth-order valence-corrected chi connectivity index (χ4v) is 5.64. The largest absolute Gasteiger partial charge is 0.354 e. The Labute approximate surface area is 163 Å². The molecule has 10 heteroatoms. The predicted molar refractivity (Wildman–Crippen MR) is 102 cm³/mol. The van der Waals surface area contributed by atoms with Crippen molar-refractivity contribution in [2.24, 2.45) is 5.92 Å². The van der Waals surface area contributed by atoms with Crippen LogP contribution in [-0.4, -0.2) is 62.7 Å². The second-order valence-corrected chi connectivity index (χ2v) is 10.5. The maximum Gasteiger partial charge on any atom is 0.252 e. The van der Waals surface area contributed by atoms with Gasteiger partial charge >= 0.3 is 0 Å². The number of carbonyl (C=O) groups is 2. The van der Waals surface area contributed by atoms with Crippen LogP contribution in [0.2, 0.25) is 4.34 Å². The molecule has 1 unspecified atom stereocenters. The van der Waals surface area contributed by atoms with E-state index in [-0.39, 0.29) is 29.6 Å². The highest BCUT2D eigenvalue weighted by Crippen LogP contribution is 2.27. The number of carbonyl (C=O) groups excluding carboxylic acids is 2. The van der Waals surface area contributed by atoms with Crippen molar-refractivity contribution in [3.8, 4) is 0 Å². The number of piperidine rings is 1. The number of sulfonamides is 1. The monoisotopic (exact) mass is 421 g/mol. The van der Waals surface area contributed by atoms with Gasteiger partial charge in [-0.05, 0) is 30.9 Å². The topological polar surface area (TPSA) is 86.8 Å². The molecular formula is C16H24ClN3O4S2. The fraction of sp³-hybridized carbons (Fsp3) is 0.625. The summed E-state index contributed by atoms with van der Waals surface area (Å²) in [5.74, 6) is 0.0801. The molecule has 1 aromatic rings. The third-order valence-electron chi connectivity index (χ3n) is 4.25. The van der Waals surface area contributed by atoms with Gasteiger partial charge < -0.3 is 10.2 Å². The number of halogens is 1. The summed E-state index contributed by atoms with van der Waals surface area (Å²) in [6.45, 7) is 3.53. The number of amides is 2. The van der Waals surface area contributed by atoms with Crippen LogP contribution < -0.4 is 5.32 Å². The molecule has 2 heterocycles. The normalized spacial score (nSPS) is 18.2. The van der Waals surface area contributed by atoms with E-state index in [1.807, 2.05) is 4.90 Å². The summed E-state index contributed by atoms with van der Waals surface area (Å²) in [5.41, 5.74) is 0. The zero-order valence-electron chi connectivity index (χ0n) is 14.9. The van der Waals surface area contributed by atoms with Crippen LogP contribution in [0.25, 0.3) is 0 Å². The predicted octanol–water partition coefficient (Wildman–Crippen LogP) is 1.79. The molecule has 1 aliphatic rings. The van der Waals surface area contributed by atoms with E-state index in [4.69, 9.17) is 11.6 Å². The zero-order valence-corrected chi connectivity index (χ0v) is 17.3. The van der Waals surface area contributed by atoms with Gasteiger partial charge in [0.2, 0.25) is 11.8 Å². The molecule has 0 radical (unpaired) electrons. The van der Waals surface area contributed by atoms with E-state index in [2.05, 4.69) is 12.2 Å². The van der Waals surface area contributed by atoms with Crippen LogP contribution in [0.15, 0.2) is 16.3 Å². The van der Waals surface area contributed by atoms with Gasteiger partial charge in [-0.15, -0.1) is 11.3 Å². The molecule has 1 aromatic heterocycles. The summed E-state index contributed by atoms with van der Waals surface area (Å²) in [4.78, 5) is 26.0. The van der Waals surface area contributed by atoms with Crippen LogP contribution in [-0.2, 0) is 19.6 Å². The lowest BCUT2D eigenvalue weighted by Crippen LogP contribution is -2.42. The zero-order chi connectivity index (χ0) is 19.3. The molecule has 146 valence electrons. The van der Waals surface area contributed by atoms with E-state index in [1.165, 1.54) is 19.2 Å². The Morgan fingerprint density at radius 3 is 2.77 bits per heavy atom. The van der Waals surface area contributed by atoms with Crippen LogP contribution >= 0.6 is 22.9 Å². The number of rotatable bonds is 7. The Kier molecular flexibility index (Phi) is 7.45. The van der Waals surface area contributed by atoms with E-state index < -0.39 is 15.9 Å². The van der Waals surface area contributed by atoms with E-state index in [9.17, 15) is 18.0 Å². The van der Waals surface area contributed by atoms with Crippen LogP contribution in [0.4, 0.5) is 0 Å². The smallest absolute Gasteiger partial charge is 0.252 e. The van der Waals surface area contributed by atoms with Gasteiger partial charge in [0.25, 0.3) is 10.0 Å². The molecule has 2 rings (SSSR count). The van der Waals surface area contributed by atoms with E-state index >= 15 is 0 Å². The number of hydrogen-bond donors (Lipinski definition) is 1. The van der Waals surface area contributed by atoms with Crippen molar-refractivity contribution in [2.45, 2.75) is 30.4 Å². The molecule has 0 bridgehead atoms. The van der Waals surface area contributed by atoms with Gasteiger partial charge in [-0.3, -0.25) is 9.59 Å². The Morgan fingerprint density at radius 2 is 2.15 bits per heavy atom. The first-order valence-corrected chi connectivity index (χ1v) is 11.1. The van der Waals surface area contributed by atoms with E-state index in [0.29, 0.717) is 10.3 Å². The number of likely N-dealkylation sites (N-methyl/N-ethyl adjacent to an activating group) is 1. The first-order valence-electron chi connectivity index (χ1n) is 8.46. The maximum absolute atomic E-state index is 12.3. The average molecular weight is 422 g/mol. The lowest BCUT2D eigenvalue weighted by molar-refractivity contribution is -0.132. The minimum atomic E-state index is -3.75. The minimum absolute atomic E-state index is 0.0195. The highest BCUT2D eigenvalue weighted by atomic mass is 35.5. The summed E-state index contributed by atoms with van der Waals surface area (Å²) in [6.07, 6.45) is 2.36. The summed E-state index contributed by atoms with van der Waals surface area (Å²) >= 11 is 6.71. The SMILES string of the molecule is CC1CCCN(C(=O)CCNC(=O)CN(C)S(=O)(=O)c2ccc(Cl)s2)C1. The third kappa shape index (κ3) is 5.67. The van der Waals surface area contributed by atoms with Gasteiger partial charge in [0.15, 0.2) is 0 Å². The molecule has 1 aliphatic heterocycles. The highest BCUT2D eigenvalue weighted by molar-refractivity contribution is 7.91. The number of nitrogens with one attached hydrogen (secondary N) is 1. The van der Waals surface area contributed by atoms with Crippen LogP contribution in [0.3, 0.4) is 0 Å². The van der Waals surface area contributed by atoms with Crippen LogP contribution in [0.5, 0.6) is 0 Å². The van der Waals surface area contributed by atoms with Gasteiger partial charge in [0.05, 0.1) is 10.9 Å². The summed E-state index contributed by atoms with van der Waals surface area (Å²) in [5, 5.41) is 2.61. The van der Waals surface area contributed by atoms with Gasteiger partial charge in [-0.25, -0.2) is 8.42 Å². The summed E-state index contributed by atoms with van der Waals surface area (Å²) in [7, 11) is -2.41. The van der Waals surface area contributed by atoms with Crippen molar-refractivity contribution < 1.29 is 18.0 Å². The average Bonchev–Trinajstić information content (AvgIpc) is 3.02. The molecule has 0 saturated carbocycles. The first-order chi connectivity index (χ1) is 12.2. The highest BCUT2D eigenvalue weighted by Gasteiger charge is 2.25. The van der Waals surface area contributed by atoms with Gasteiger partial charge in [0.1, 0.15) is 4.21 Å². The van der Waals surface area contributed by atoms with E-state index in [0.717, 1.165) is 41.6 Å². The maximum atomic E-state index is 12.3. The number of likely N-dealkylation sites (tertiary alicyclic amines) is 1. The summed E-state index contributed by atoms with van der Waals surface area (Å²) in [6, 6.07) is 2.91. The van der Waals surface area contributed by atoms with Gasteiger partial charge in [-0.2, -0.15) is 4.31 Å². The third-order valence-corrected chi connectivity index (χ3v) is 7.75. The molecule has 0 spiro atoms. The van der Waals surface area contributed by atoms with Crippen molar-refractivity contribution in [3.05, 3.63) is 16.5 Å². The standard InChI is InChI=1S/C16H24ClN3O4S2/c1-12-4-3-9-20(10-12)15(22)7-8-18-14(21)11-19(2)26(23,24)16-6-5-13(17)25-16/h5-6,12H,3-4,7-11H2,1-2H3,(H,18,21). The molecule has 2 amide bonds. The van der Waals surface area contributed by atoms with Crippen LogP contribution in [0, 0.1) is 5.92 Å². The second kappa shape index (κ2) is 9.16. The molecule has 26 heavy (non-hydrogen) atoms. The van der Waals surface area contributed by atoms with Crippen molar-refractivity contribution in [1.82, 2.24) is 14.5 Å². The minimum Gasteiger partial charge on any atom is -0.354 e. The lowest BCUT2D eigenvalue weighted by Gasteiger charge is -2.31. The Morgan fingerprint density at radius 1 is 1.42 bits per heavy atom. The van der Waals surface area contributed by atoms with Crippen molar-refractivity contribution in [2.75, 3.05) is 33.2 Å². The summed E-state index contributed by atoms with van der Waals surface area (Å²) < 4.78 is 26.1. The second-order valence-electron chi connectivity index (χ2n) is 6.51. The first kappa shape index (κ1) is 21.1. The Hall–Kier alpha value is -1.16. The van der Waals surface area contributed by atoms with Crippen molar-refractivity contribution in [1.29, 1.82) is 0 Å². The van der Waals surface area contributed by atoms with Gasteiger partial charge in [0, 0.05) is 33.1 Å². The molecule has 0 aliphatic carbocycles. The molecule has 7 nitrogen and oxygen atoms in total. The number of nitrogens with zero attached hydrogens (tertiary/aromatic N) is 2. The Bertz CT molecular complexity index is 750. The Balaban J connectivity index is 1.77. The van der Waals surface area contributed by atoms with Crippen LogP contribution in [0.1, 0.15) is 26.2 Å². The molecule has 0 aromatic carbocycles. The molecular weight excluding hydrogens is 398 g/mol. The van der Waals surface area contributed by atoms with E-state index in [1.54, 1.807) is 0 Å². The lowest BCUT2D eigenvalue weighted by atomic mass is 10.00. The molecule has 1 saturated heterocycles. The molecule has 1 fully saturated rings. The molecule has 1 N–H and O–H groups in total. The number of hydrogen-bond acceptors (Lipinski definition) is 5. The van der Waals surface area contributed by atoms with Crippen molar-refractivity contribution in [3.63, 3.8) is 0 Å². The van der Waals surface area contributed by atoms with Crippen molar-refractivity contribution >= 4 is 44.8 Å².